The van der Waals surface area contributed by atoms with E-state index in [1.807, 2.05) is 6.07 Å². The molecule has 1 N–H and O–H groups in total. The average molecular weight is 420 g/mol. The van der Waals surface area contributed by atoms with Gasteiger partial charge in [-0.2, -0.15) is 5.10 Å². The fraction of sp³-hybridized carbons (Fsp3) is 0.273. The highest BCUT2D eigenvalue weighted by atomic mass is 16.6. The van der Waals surface area contributed by atoms with E-state index in [1.165, 1.54) is 10.7 Å². The Morgan fingerprint density at radius 1 is 1.06 bits per heavy atom. The molecule has 2 atom stereocenters. The Hall–Kier alpha value is -3.72. The molecule has 1 amide bonds. The van der Waals surface area contributed by atoms with Crippen molar-refractivity contribution in [1.82, 2.24) is 20.1 Å². The standard InChI is InChI=1S/C22H20N4O5/c27-20-7-6-16(14-3-2-8-23-11-14)25-26(20)18-13-29-12-17(18)24-22(28)15-4-1-5-19-21(15)31-10-9-30-19/h1-8,11,17-18H,9-10,12-13H2,(H,24,28). The molecular formula is C22H20N4O5. The molecule has 2 aliphatic heterocycles. The highest BCUT2D eigenvalue weighted by Crippen LogP contribution is 2.33. The molecular weight excluding hydrogens is 400 g/mol. The number of ether oxygens (including phenoxy) is 3. The van der Waals surface area contributed by atoms with Crippen molar-refractivity contribution in [3.05, 3.63) is 70.8 Å². The van der Waals surface area contributed by atoms with Crippen LogP contribution in [-0.4, -0.2) is 53.1 Å². The number of amides is 1. The summed E-state index contributed by atoms with van der Waals surface area (Å²) in [7, 11) is 0. The molecule has 0 saturated carbocycles. The number of benzene rings is 1. The maximum atomic E-state index is 13.0. The smallest absolute Gasteiger partial charge is 0.267 e. The molecule has 31 heavy (non-hydrogen) atoms. The summed E-state index contributed by atoms with van der Waals surface area (Å²) < 4.78 is 18.2. The van der Waals surface area contributed by atoms with Crippen LogP contribution >= 0.6 is 0 Å². The molecule has 158 valence electrons. The van der Waals surface area contributed by atoms with Crippen LogP contribution in [0.25, 0.3) is 11.3 Å². The molecule has 1 fully saturated rings. The van der Waals surface area contributed by atoms with Crippen molar-refractivity contribution in [1.29, 1.82) is 0 Å². The van der Waals surface area contributed by atoms with E-state index in [0.29, 0.717) is 36.0 Å². The van der Waals surface area contributed by atoms with Crippen molar-refractivity contribution in [3.8, 4) is 22.8 Å². The van der Waals surface area contributed by atoms with Gasteiger partial charge < -0.3 is 19.5 Å². The molecule has 2 aliphatic rings. The van der Waals surface area contributed by atoms with E-state index in [2.05, 4.69) is 15.4 Å². The molecule has 9 heteroatoms. The number of nitrogens with zero attached hydrogens (tertiary/aromatic N) is 3. The fourth-order valence-electron chi connectivity index (χ4n) is 3.75. The minimum Gasteiger partial charge on any atom is -0.486 e. The van der Waals surface area contributed by atoms with E-state index in [9.17, 15) is 9.59 Å². The van der Waals surface area contributed by atoms with Gasteiger partial charge in [-0.25, -0.2) is 4.68 Å². The second-order valence-corrected chi connectivity index (χ2v) is 7.26. The number of para-hydroxylation sites is 1. The minimum atomic E-state index is -0.440. The maximum Gasteiger partial charge on any atom is 0.267 e. The van der Waals surface area contributed by atoms with Gasteiger partial charge in [0.25, 0.3) is 11.5 Å². The van der Waals surface area contributed by atoms with Crippen LogP contribution in [0.4, 0.5) is 0 Å². The summed E-state index contributed by atoms with van der Waals surface area (Å²) in [4.78, 5) is 29.7. The molecule has 1 saturated heterocycles. The van der Waals surface area contributed by atoms with Gasteiger partial charge in [0.15, 0.2) is 11.5 Å². The van der Waals surface area contributed by atoms with E-state index in [1.54, 1.807) is 42.7 Å². The third kappa shape index (κ3) is 3.75. The van der Waals surface area contributed by atoms with Crippen molar-refractivity contribution >= 4 is 5.91 Å². The Labute approximate surface area is 177 Å². The molecule has 0 spiro atoms. The van der Waals surface area contributed by atoms with Gasteiger partial charge in [0.2, 0.25) is 0 Å². The highest BCUT2D eigenvalue weighted by Gasteiger charge is 2.34. The van der Waals surface area contributed by atoms with Crippen LogP contribution in [0.3, 0.4) is 0 Å². The summed E-state index contributed by atoms with van der Waals surface area (Å²) in [6.45, 7) is 1.36. The summed E-state index contributed by atoms with van der Waals surface area (Å²) in [5.41, 5.74) is 1.53. The number of aromatic nitrogens is 3. The van der Waals surface area contributed by atoms with E-state index >= 15 is 0 Å². The Morgan fingerprint density at radius 3 is 2.84 bits per heavy atom. The van der Waals surface area contributed by atoms with Crippen molar-refractivity contribution in [2.24, 2.45) is 0 Å². The van der Waals surface area contributed by atoms with Crippen LogP contribution in [0.1, 0.15) is 16.4 Å². The topological polar surface area (TPSA) is 105 Å². The largest absolute Gasteiger partial charge is 0.486 e. The molecule has 5 rings (SSSR count). The van der Waals surface area contributed by atoms with Crippen LogP contribution in [0.15, 0.2) is 59.7 Å². The third-order valence-electron chi connectivity index (χ3n) is 5.27. The number of pyridine rings is 1. The number of hydrogen-bond acceptors (Lipinski definition) is 7. The van der Waals surface area contributed by atoms with Crippen LogP contribution < -0.4 is 20.3 Å². The summed E-state index contributed by atoms with van der Waals surface area (Å²) in [6, 6.07) is 11.1. The number of hydrogen-bond donors (Lipinski definition) is 1. The Morgan fingerprint density at radius 2 is 1.97 bits per heavy atom. The molecule has 9 nitrogen and oxygen atoms in total. The number of carbonyl (C=O) groups excluding carboxylic acids is 1. The zero-order valence-electron chi connectivity index (χ0n) is 16.6. The molecule has 0 bridgehead atoms. The van der Waals surface area contributed by atoms with Crippen molar-refractivity contribution in [3.63, 3.8) is 0 Å². The summed E-state index contributed by atoms with van der Waals surface area (Å²) >= 11 is 0. The third-order valence-corrected chi connectivity index (χ3v) is 5.27. The normalized spacial score (nSPS) is 19.7. The van der Waals surface area contributed by atoms with Gasteiger partial charge in [-0.05, 0) is 30.3 Å². The lowest BCUT2D eigenvalue weighted by atomic mass is 10.1. The molecule has 4 heterocycles. The van der Waals surface area contributed by atoms with Crippen molar-refractivity contribution < 1.29 is 19.0 Å². The molecule has 1 aromatic carbocycles. The number of nitrogens with one attached hydrogen (secondary N) is 1. The first-order valence-corrected chi connectivity index (χ1v) is 9.98. The van der Waals surface area contributed by atoms with Crippen LogP contribution in [-0.2, 0) is 4.74 Å². The highest BCUT2D eigenvalue weighted by molar-refractivity contribution is 5.98. The van der Waals surface area contributed by atoms with Gasteiger partial charge in [0.05, 0.1) is 30.5 Å². The van der Waals surface area contributed by atoms with Gasteiger partial charge in [-0.3, -0.25) is 14.6 Å². The van der Waals surface area contributed by atoms with Crippen LogP contribution in [0.5, 0.6) is 11.5 Å². The van der Waals surface area contributed by atoms with Gasteiger partial charge in [-0.1, -0.05) is 6.07 Å². The number of rotatable bonds is 4. The molecule has 0 radical (unpaired) electrons. The summed E-state index contributed by atoms with van der Waals surface area (Å²) in [5.74, 6) is 0.648. The first-order chi connectivity index (χ1) is 15.2. The lowest BCUT2D eigenvalue weighted by Crippen LogP contribution is -2.44. The van der Waals surface area contributed by atoms with E-state index in [-0.39, 0.29) is 24.7 Å². The summed E-state index contributed by atoms with van der Waals surface area (Å²) in [6.07, 6.45) is 3.36. The number of carbonyl (C=O) groups is 1. The van der Waals surface area contributed by atoms with E-state index < -0.39 is 12.1 Å². The molecule has 0 aliphatic carbocycles. The molecule has 2 unspecified atom stereocenters. The first-order valence-electron chi connectivity index (χ1n) is 9.98. The zero-order valence-corrected chi connectivity index (χ0v) is 16.6. The second kappa shape index (κ2) is 8.19. The number of fused-ring (bicyclic) bond motifs is 1. The lowest BCUT2D eigenvalue weighted by molar-refractivity contribution is 0.0913. The molecule has 2 aromatic heterocycles. The van der Waals surface area contributed by atoms with Gasteiger partial charge >= 0.3 is 0 Å². The quantitative estimate of drug-likeness (QED) is 0.681. The van der Waals surface area contributed by atoms with E-state index in [4.69, 9.17) is 14.2 Å². The van der Waals surface area contributed by atoms with Gasteiger partial charge in [0, 0.05) is 24.0 Å². The van der Waals surface area contributed by atoms with Crippen molar-refractivity contribution in [2.75, 3.05) is 26.4 Å². The Bertz CT molecular complexity index is 1160. The maximum absolute atomic E-state index is 13.0. The minimum absolute atomic E-state index is 0.265. The first kappa shape index (κ1) is 19.3. The molecule has 3 aromatic rings. The second-order valence-electron chi connectivity index (χ2n) is 7.26. The Kier molecular flexibility index (Phi) is 5.09. The predicted octanol–water partition coefficient (Wildman–Crippen LogP) is 1.45. The zero-order chi connectivity index (χ0) is 21.2. The van der Waals surface area contributed by atoms with Crippen LogP contribution in [0.2, 0.25) is 0 Å². The Balaban J connectivity index is 1.41. The average Bonchev–Trinajstić information content (AvgIpc) is 3.27. The summed E-state index contributed by atoms with van der Waals surface area (Å²) in [5, 5.41) is 7.48. The van der Waals surface area contributed by atoms with Crippen LogP contribution in [0, 0.1) is 0 Å². The van der Waals surface area contributed by atoms with Gasteiger partial charge in [-0.15, -0.1) is 0 Å². The fourth-order valence-corrected chi connectivity index (χ4v) is 3.75. The van der Waals surface area contributed by atoms with Crippen molar-refractivity contribution in [2.45, 2.75) is 12.1 Å². The van der Waals surface area contributed by atoms with E-state index in [0.717, 1.165) is 5.56 Å². The van der Waals surface area contributed by atoms with Gasteiger partial charge in [0.1, 0.15) is 19.3 Å². The predicted molar refractivity (Wildman–Crippen MR) is 110 cm³/mol. The monoisotopic (exact) mass is 420 g/mol. The SMILES string of the molecule is O=C(NC1COCC1n1nc(-c2cccnc2)ccc1=O)c1cccc2c1OCCO2. The lowest BCUT2D eigenvalue weighted by Gasteiger charge is -2.23.